The van der Waals surface area contributed by atoms with Crippen molar-refractivity contribution in [2.45, 2.75) is 13.8 Å². The number of fused-ring (bicyclic) bond motifs is 3. The molecule has 2 aromatic heterocycles. The van der Waals surface area contributed by atoms with Crippen LogP contribution in [0.5, 0.6) is 0 Å². The van der Waals surface area contributed by atoms with Crippen molar-refractivity contribution in [1.82, 2.24) is 9.38 Å². The SMILES string of the molecule is CCOC(=O)c1cnc2c3cc(N)ccc3c(C)cn2c1=O. The van der Waals surface area contributed by atoms with Gasteiger partial charge < -0.3 is 10.5 Å². The molecule has 0 aliphatic rings. The molecule has 1 aromatic carbocycles. The Kier molecular flexibility index (Phi) is 3.29. The number of rotatable bonds is 2. The highest BCUT2D eigenvalue weighted by Crippen LogP contribution is 2.23. The fraction of sp³-hybridized carbons (Fsp3) is 0.188. The van der Waals surface area contributed by atoms with Crippen LogP contribution in [-0.2, 0) is 4.74 Å². The first-order valence-corrected chi connectivity index (χ1v) is 6.90. The summed E-state index contributed by atoms with van der Waals surface area (Å²) in [5, 5.41) is 1.73. The van der Waals surface area contributed by atoms with Crippen molar-refractivity contribution in [2.75, 3.05) is 12.3 Å². The standard InChI is InChI=1S/C16H15N3O3/c1-3-22-16(21)13-7-18-14-12-6-10(17)4-5-11(12)9(2)8-19(14)15(13)20/h4-8H,3,17H2,1-2H3. The van der Waals surface area contributed by atoms with Gasteiger partial charge in [-0.25, -0.2) is 9.78 Å². The summed E-state index contributed by atoms with van der Waals surface area (Å²) < 4.78 is 6.25. The monoisotopic (exact) mass is 297 g/mol. The molecule has 6 nitrogen and oxygen atoms in total. The van der Waals surface area contributed by atoms with Crippen molar-refractivity contribution in [3.05, 3.63) is 52.1 Å². The molecule has 0 aliphatic heterocycles. The van der Waals surface area contributed by atoms with E-state index in [-0.39, 0.29) is 12.2 Å². The number of nitrogen functional groups attached to an aromatic ring is 1. The van der Waals surface area contributed by atoms with Crippen LogP contribution in [0.2, 0.25) is 0 Å². The fourth-order valence-corrected chi connectivity index (χ4v) is 2.49. The van der Waals surface area contributed by atoms with Crippen molar-refractivity contribution in [1.29, 1.82) is 0 Å². The number of ether oxygens (including phenoxy) is 1. The number of nitrogens with zero attached hydrogens (tertiary/aromatic N) is 2. The molecule has 2 N–H and O–H groups in total. The Morgan fingerprint density at radius 3 is 2.86 bits per heavy atom. The topological polar surface area (TPSA) is 86.7 Å². The van der Waals surface area contributed by atoms with Gasteiger partial charge in [-0.05, 0) is 36.9 Å². The van der Waals surface area contributed by atoms with Crippen LogP contribution in [0.4, 0.5) is 5.69 Å². The van der Waals surface area contributed by atoms with E-state index in [4.69, 9.17) is 10.5 Å². The Morgan fingerprint density at radius 2 is 2.14 bits per heavy atom. The molecule has 2 heterocycles. The predicted octanol–water partition coefficient (Wildman–Crippen LogP) is 1.92. The number of hydrogen-bond acceptors (Lipinski definition) is 5. The van der Waals surface area contributed by atoms with Crippen molar-refractivity contribution in [2.24, 2.45) is 0 Å². The maximum atomic E-state index is 12.5. The molecule has 0 saturated heterocycles. The van der Waals surface area contributed by atoms with Crippen LogP contribution in [0.1, 0.15) is 22.8 Å². The molecule has 6 heteroatoms. The molecule has 0 radical (unpaired) electrons. The molecule has 0 atom stereocenters. The third-order valence-corrected chi connectivity index (χ3v) is 3.52. The molecule has 0 saturated carbocycles. The lowest BCUT2D eigenvalue weighted by Gasteiger charge is -2.10. The zero-order chi connectivity index (χ0) is 15.9. The number of nitrogens with two attached hydrogens (primary N) is 1. The van der Waals surface area contributed by atoms with E-state index in [0.29, 0.717) is 11.3 Å². The van der Waals surface area contributed by atoms with Gasteiger partial charge in [0.2, 0.25) is 0 Å². The lowest BCUT2D eigenvalue weighted by Crippen LogP contribution is -2.24. The average molecular weight is 297 g/mol. The second kappa shape index (κ2) is 5.14. The highest BCUT2D eigenvalue weighted by Gasteiger charge is 2.16. The molecule has 0 aliphatic carbocycles. The molecular formula is C16H15N3O3. The molecule has 112 valence electrons. The van der Waals surface area contributed by atoms with Crippen molar-refractivity contribution in [3.63, 3.8) is 0 Å². The lowest BCUT2D eigenvalue weighted by molar-refractivity contribution is 0.0523. The third-order valence-electron chi connectivity index (χ3n) is 3.52. The minimum Gasteiger partial charge on any atom is -0.462 e. The highest BCUT2D eigenvalue weighted by molar-refractivity contribution is 5.98. The minimum absolute atomic E-state index is 0.0815. The number of esters is 1. The molecule has 22 heavy (non-hydrogen) atoms. The summed E-state index contributed by atoms with van der Waals surface area (Å²) in [6, 6.07) is 5.47. The van der Waals surface area contributed by atoms with Gasteiger partial charge in [-0.15, -0.1) is 0 Å². The zero-order valence-electron chi connectivity index (χ0n) is 12.3. The summed E-state index contributed by atoms with van der Waals surface area (Å²) in [5.74, 6) is -0.667. The Morgan fingerprint density at radius 1 is 1.36 bits per heavy atom. The summed E-state index contributed by atoms with van der Waals surface area (Å²) in [7, 11) is 0. The van der Waals surface area contributed by atoms with Crippen LogP contribution in [0.25, 0.3) is 16.4 Å². The summed E-state index contributed by atoms with van der Waals surface area (Å²) in [6.07, 6.45) is 2.93. The highest BCUT2D eigenvalue weighted by atomic mass is 16.5. The normalized spacial score (nSPS) is 11.0. The van der Waals surface area contributed by atoms with Crippen LogP contribution in [-0.4, -0.2) is 22.0 Å². The van der Waals surface area contributed by atoms with E-state index in [1.807, 2.05) is 13.0 Å². The second-order valence-corrected chi connectivity index (χ2v) is 5.01. The Bertz CT molecular complexity index is 960. The maximum Gasteiger partial charge on any atom is 0.345 e. The smallest absolute Gasteiger partial charge is 0.345 e. The van der Waals surface area contributed by atoms with Crippen LogP contribution >= 0.6 is 0 Å². The first kappa shape index (κ1) is 14.1. The van der Waals surface area contributed by atoms with Crippen molar-refractivity contribution < 1.29 is 9.53 Å². The van der Waals surface area contributed by atoms with E-state index >= 15 is 0 Å². The molecule has 0 unspecified atom stereocenters. The van der Waals surface area contributed by atoms with Crippen LogP contribution in [0, 0.1) is 6.92 Å². The van der Waals surface area contributed by atoms with E-state index in [9.17, 15) is 9.59 Å². The van der Waals surface area contributed by atoms with E-state index < -0.39 is 11.5 Å². The van der Waals surface area contributed by atoms with Gasteiger partial charge in [0, 0.05) is 23.5 Å². The lowest BCUT2D eigenvalue weighted by atomic mass is 10.1. The number of aromatic nitrogens is 2. The van der Waals surface area contributed by atoms with E-state index in [1.165, 1.54) is 10.6 Å². The number of benzene rings is 1. The van der Waals surface area contributed by atoms with Crippen molar-refractivity contribution >= 4 is 28.1 Å². The Hall–Kier alpha value is -2.89. The van der Waals surface area contributed by atoms with E-state index in [1.54, 1.807) is 25.3 Å². The fourth-order valence-electron chi connectivity index (χ4n) is 2.49. The molecule has 0 spiro atoms. The number of pyridine rings is 1. The summed E-state index contributed by atoms with van der Waals surface area (Å²) in [4.78, 5) is 28.6. The molecule has 0 amide bonds. The predicted molar refractivity (Wildman–Crippen MR) is 84.1 cm³/mol. The van der Waals surface area contributed by atoms with Gasteiger partial charge in [0.05, 0.1) is 6.61 Å². The summed E-state index contributed by atoms with van der Waals surface area (Å²) >= 11 is 0. The number of aryl methyl sites for hydroxylation is 1. The quantitative estimate of drug-likeness (QED) is 0.443. The Labute approximate surface area is 126 Å². The maximum absolute atomic E-state index is 12.5. The van der Waals surface area contributed by atoms with Crippen LogP contribution in [0.15, 0.2) is 35.4 Å². The largest absolute Gasteiger partial charge is 0.462 e. The first-order chi connectivity index (χ1) is 10.5. The average Bonchev–Trinajstić information content (AvgIpc) is 2.48. The second-order valence-electron chi connectivity index (χ2n) is 5.01. The minimum atomic E-state index is -0.667. The molecule has 0 bridgehead atoms. The van der Waals surface area contributed by atoms with Crippen LogP contribution in [0.3, 0.4) is 0 Å². The van der Waals surface area contributed by atoms with Gasteiger partial charge in [-0.3, -0.25) is 9.20 Å². The molecule has 0 fully saturated rings. The number of carbonyl (C=O) groups is 1. The van der Waals surface area contributed by atoms with E-state index in [2.05, 4.69) is 4.98 Å². The van der Waals surface area contributed by atoms with Crippen LogP contribution < -0.4 is 11.3 Å². The van der Waals surface area contributed by atoms with Gasteiger partial charge in [-0.1, -0.05) is 6.07 Å². The molecule has 3 rings (SSSR count). The number of hydrogen-bond donors (Lipinski definition) is 1. The van der Waals surface area contributed by atoms with E-state index in [0.717, 1.165) is 16.3 Å². The summed E-state index contributed by atoms with van der Waals surface area (Å²) in [5.41, 5.74) is 7.25. The third kappa shape index (κ3) is 2.09. The van der Waals surface area contributed by atoms with Gasteiger partial charge in [-0.2, -0.15) is 0 Å². The Balaban J connectivity index is 2.39. The zero-order valence-corrected chi connectivity index (χ0v) is 12.3. The van der Waals surface area contributed by atoms with Gasteiger partial charge in [0.1, 0.15) is 11.2 Å². The summed E-state index contributed by atoms with van der Waals surface area (Å²) in [6.45, 7) is 3.78. The van der Waals surface area contributed by atoms with Gasteiger partial charge >= 0.3 is 5.97 Å². The number of carbonyl (C=O) groups excluding carboxylic acids is 1. The first-order valence-electron chi connectivity index (χ1n) is 6.90. The number of anilines is 1. The molecule has 3 aromatic rings. The van der Waals surface area contributed by atoms with Gasteiger partial charge in [0.15, 0.2) is 0 Å². The van der Waals surface area contributed by atoms with Gasteiger partial charge in [0.25, 0.3) is 5.56 Å². The molecular weight excluding hydrogens is 282 g/mol. The van der Waals surface area contributed by atoms with Crippen molar-refractivity contribution in [3.8, 4) is 0 Å².